The van der Waals surface area contributed by atoms with E-state index in [1.807, 2.05) is 0 Å². The van der Waals surface area contributed by atoms with Crippen LogP contribution in [-0.4, -0.2) is 20.5 Å². The number of aromatic nitrogens is 1. The highest BCUT2D eigenvalue weighted by atomic mass is 32.2. The van der Waals surface area contributed by atoms with E-state index < -0.39 is 9.84 Å². The monoisotopic (exact) mass is 264 g/mol. The Balaban J connectivity index is 2.55. The summed E-state index contributed by atoms with van der Waals surface area (Å²) in [6, 6.07) is 7.25. The van der Waals surface area contributed by atoms with Crippen LogP contribution < -0.4 is 10.5 Å². The van der Waals surface area contributed by atoms with E-state index in [-0.39, 0.29) is 9.79 Å². The Morgan fingerprint density at radius 1 is 1.11 bits per heavy atom. The standard InChI is InChI=1S/C12H12N2O3S/c1-17-12-8-10(2-3-11(12)13)18(15,16)9-4-6-14-7-5-9/h2-8H,13H2,1H3. The average Bonchev–Trinajstić information content (AvgIpc) is 2.40. The van der Waals surface area contributed by atoms with Gasteiger partial charge >= 0.3 is 0 Å². The number of nitrogens with zero attached hydrogens (tertiary/aromatic N) is 1. The van der Waals surface area contributed by atoms with E-state index in [1.165, 1.54) is 49.8 Å². The summed E-state index contributed by atoms with van der Waals surface area (Å²) in [7, 11) is -2.12. The number of hydrogen-bond donors (Lipinski definition) is 1. The minimum atomic E-state index is -3.56. The lowest BCUT2D eigenvalue weighted by atomic mass is 10.3. The maximum absolute atomic E-state index is 12.3. The van der Waals surface area contributed by atoms with Crippen LogP contribution in [0.3, 0.4) is 0 Å². The lowest BCUT2D eigenvalue weighted by Crippen LogP contribution is -2.03. The molecule has 0 fully saturated rings. The normalized spacial score (nSPS) is 11.2. The fraction of sp³-hybridized carbons (Fsp3) is 0.0833. The molecule has 6 heteroatoms. The molecule has 0 amide bonds. The highest BCUT2D eigenvalue weighted by Crippen LogP contribution is 2.28. The van der Waals surface area contributed by atoms with Gasteiger partial charge in [-0.15, -0.1) is 0 Å². The fourth-order valence-corrected chi connectivity index (χ4v) is 2.77. The summed E-state index contributed by atoms with van der Waals surface area (Å²) in [5, 5.41) is 0. The second kappa shape index (κ2) is 4.66. The maximum atomic E-state index is 12.3. The molecule has 2 rings (SSSR count). The summed E-state index contributed by atoms with van der Waals surface area (Å²) >= 11 is 0. The lowest BCUT2D eigenvalue weighted by Gasteiger charge is -2.08. The van der Waals surface area contributed by atoms with E-state index >= 15 is 0 Å². The maximum Gasteiger partial charge on any atom is 0.206 e. The van der Waals surface area contributed by atoms with Crippen LogP contribution in [0.4, 0.5) is 5.69 Å². The van der Waals surface area contributed by atoms with Crippen molar-refractivity contribution in [3.05, 3.63) is 42.7 Å². The number of rotatable bonds is 3. The smallest absolute Gasteiger partial charge is 0.206 e. The lowest BCUT2D eigenvalue weighted by molar-refractivity contribution is 0.415. The van der Waals surface area contributed by atoms with Gasteiger partial charge in [0.1, 0.15) is 5.75 Å². The minimum absolute atomic E-state index is 0.139. The summed E-state index contributed by atoms with van der Waals surface area (Å²) in [4.78, 5) is 4.11. The molecule has 0 saturated heterocycles. The number of sulfone groups is 1. The first kappa shape index (κ1) is 12.4. The summed E-state index contributed by atoms with van der Waals surface area (Å²) < 4.78 is 29.6. The first-order valence-electron chi connectivity index (χ1n) is 5.14. The van der Waals surface area contributed by atoms with Crippen LogP contribution in [0.2, 0.25) is 0 Å². The largest absolute Gasteiger partial charge is 0.495 e. The van der Waals surface area contributed by atoms with Crippen LogP contribution in [0.5, 0.6) is 5.75 Å². The van der Waals surface area contributed by atoms with Crippen LogP contribution in [-0.2, 0) is 9.84 Å². The Kier molecular flexibility index (Phi) is 3.20. The molecule has 0 saturated carbocycles. The number of pyridine rings is 1. The third kappa shape index (κ3) is 2.14. The van der Waals surface area contributed by atoms with E-state index in [9.17, 15) is 8.42 Å². The predicted octanol–water partition coefficient (Wildman–Crippen LogP) is 1.51. The zero-order valence-corrected chi connectivity index (χ0v) is 10.5. The van der Waals surface area contributed by atoms with E-state index in [4.69, 9.17) is 10.5 Å². The molecule has 0 aliphatic heterocycles. The molecule has 2 N–H and O–H groups in total. The number of benzene rings is 1. The second-order valence-electron chi connectivity index (χ2n) is 3.59. The van der Waals surface area contributed by atoms with Crippen molar-refractivity contribution in [1.82, 2.24) is 4.98 Å². The molecule has 1 aromatic carbocycles. The first-order valence-corrected chi connectivity index (χ1v) is 6.62. The van der Waals surface area contributed by atoms with Crippen LogP contribution in [0.25, 0.3) is 0 Å². The summed E-state index contributed by atoms with van der Waals surface area (Å²) in [5.41, 5.74) is 6.05. The molecule has 1 aromatic heterocycles. The molecule has 0 radical (unpaired) electrons. The molecule has 0 aliphatic carbocycles. The van der Waals surface area contributed by atoms with Crippen molar-refractivity contribution >= 4 is 15.5 Å². The number of anilines is 1. The van der Waals surface area contributed by atoms with Gasteiger partial charge in [0.25, 0.3) is 0 Å². The van der Waals surface area contributed by atoms with Gasteiger partial charge in [-0.25, -0.2) is 8.42 Å². The van der Waals surface area contributed by atoms with E-state index in [0.717, 1.165) is 0 Å². The first-order chi connectivity index (χ1) is 8.55. The van der Waals surface area contributed by atoms with Gasteiger partial charge in [-0.1, -0.05) is 0 Å². The van der Waals surface area contributed by atoms with Crippen molar-refractivity contribution in [2.45, 2.75) is 9.79 Å². The number of ether oxygens (including phenoxy) is 1. The molecular formula is C12H12N2O3S. The van der Waals surface area contributed by atoms with Gasteiger partial charge in [0.05, 0.1) is 22.6 Å². The number of nitrogen functional groups attached to an aromatic ring is 1. The van der Waals surface area contributed by atoms with Crippen molar-refractivity contribution in [2.75, 3.05) is 12.8 Å². The van der Waals surface area contributed by atoms with Crippen LogP contribution in [0.1, 0.15) is 0 Å². The van der Waals surface area contributed by atoms with Gasteiger partial charge in [0.2, 0.25) is 9.84 Å². The zero-order valence-electron chi connectivity index (χ0n) is 9.70. The van der Waals surface area contributed by atoms with Gasteiger partial charge in [0, 0.05) is 18.5 Å². The van der Waals surface area contributed by atoms with Gasteiger partial charge in [-0.05, 0) is 24.3 Å². The van der Waals surface area contributed by atoms with Crippen LogP contribution in [0.15, 0.2) is 52.5 Å². The van der Waals surface area contributed by atoms with Crippen molar-refractivity contribution in [3.63, 3.8) is 0 Å². The topological polar surface area (TPSA) is 82.3 Å². The molecule has 94 valence electrons. The number of methoxy groups -OCH3 is 1. The van der Waals surface area contributed by atoms with E-state index in [1.54, 1.807) is 0 Å². The van der Waals surface area contributed by atoms with Crippen molar-refractivity contribution in [3.8, 4) is 5.75 Å². The SMILES string of the molecule is COc1cc(S(=O)(=O)c2ccncc2)ccc1N. The average molecular weight is 264 g/mol. The molecule has 0 atom stereocenters. The Hall–Kier alpha value is -2.08. The molecular weight excluding hydrogens is 252 g/mol. The van der Waals surface area contributed by atoms with Crippen molar-refractivity contribution in [2.24, 2.45) is 0 Å². The fourth-order valence-electron chi connectivity index (χ4n) is 1.51. The van der Waals surface area contributed by atoms with Crippen molar-refractivity contribution < 1.29 is 13.2 Å². The molecule has 0 spiro atoms. The Bertz CT molecular complexity index is 654. The quantitative estimate of drug-likeness (QED) is 0.849. The van der Waals surface area contributed by atoms with Crippen molar-refractivity contribution in [1.29, 1.82) is 0 Å². The van der Waals surface area contributed by atoms with E-state index in [0.29, 0.717) is 11.4 Å². The summed E-state index contributed by atoms with van der Waals surface area (Å²) in [6.07, 6.45) is 2.86. The van der Waals surface area contributed by atoms with Gasteiger partial charge in [0.15, 0.2) is 0 Å². The molecule has 2 aromatic rings. The Morgan fingerprint density at radius 3 is 2.39 bits per heavy atom. The molecule has 5 nitrogen and oxygen atoms in total. The minimum Gasteiger partial charge on any atom is -0.495 e. The number of hydrogen-bond acceptors (Lipinski definition) is 5. The summed E-state index contributed by atoms with van der Waals surface area (Å²) in [5.74, 6) is 0.338. The van der Waals surface area contributed by atoms with Crippen LogP contribution in [0, 0.1) is 0 Å². The highest BCUT2D eigenvalue weighted by molar-refractivity contribution is 7.91. The third-order valence-electron chi connectivity index (χ3n) is 2.48. The van der Waals surface area contributed by atoms with E-state index in [2.05, 4.69) is 4.98 Å². The zero-order chi connectivity index (χ0) is 13.2. The molecule has 1 heterocycles. The Morgan fingerprint density at radius 2 is 1.78 bits per heavy atom. The van der Waals surface area contributed by atoms with Gasteiger partial charge in [-0.3, -0.25) is 4.98 Å². The van der Waals surface area contributed by atoms with Gasteiger partial charge in [-0.2, -0.15) is 0 Å². The van der Waals surface area contributed by atoms with Gasteiger partial charge < -0.3 is 10.5 Å². The molecule has 0 bridgehead atoms. The Labute approximate surface area is 105 Å². The predicted molar refractivity (Wildman–Crippen MR) is 67.1 cm³/mol. The molecule has 0 unspecified atom stereocenters. The number of nitrogens with two attached hydrogens (primary N) is 1. The molecule has 0 aliphatic rings. The molecule has 18 heavy (non-hydrogen) atoms. The highest BCUT2D eigenvalue weighted by Gasteiger charge is 2.18. The third-order valence-corrected chi connectivity index (χ3v) is 4.24. The second-order valence-corrected chi connectivity index (χ2v) is 5.54. The van der Waals surface area contributed by atoms with Crippen LogP contribution >= 0.6 is 0 Å². The summed E-state index contributed by atoms with van der Waals surface area (Å²) in [6.45, 7) is 0.